The van der Waals surface area contributed by atoms with Crippen LogP contribution in [0, 0.1) is 5.92 Å². The number of hydrogen-bond acceptors (Lipinski definition) is 3. The molecule has 1 heterocycles. The van der Waals surface area contributed by atoms with Crippen molar-refractivity contribution in [1.29, 1.82) is 0 Å². The molecule has 1 amide bonds. The normalized spacial score (nSPS) is 21.1. The molecule has 1 aliphatic rings. The molecule has 100 valence electrons. The maximum absolute atomic E-state index is 11.7. The summed E-state index contributed by atoms with van der Waals surface area (Å²) in [7, 11) is 0. The van der Waals surface area contributed by atoms with Gasteiger partial charge in [-0.2, -0.15) is 0 Å². The van der Waals surface area contributed by atoms with Crippen LogP contribution in [0.5, 0.6) is 0 Å². The van der Waals surface area contributed by atoms with Crippen molar-refractivity contribution in [3.63, 3.8) is 0 Å². The van der Waals surface area contributed by atoms with Crippen LogP contribution in [0.4, 0.5) is 0 Å². The summed E-state index contributed by atoms with van der Waals surface area (Å²) in [6, 6.07) is 0.291. The molecule has 0 spiro atoms. The Kier molecular flexibility index (Phi) is 4.95. The molecule has 1 rings (SSSR count). The zero-order valence-corrected chi connectivity index (χ0v) is 11.6. The Morgan fingerprint density at radius 2 is 1.82 bits per heavy atom. The van der Waals surface area contributed by atoms with E-state index in [1.807, 2.05) is 0 Å². The highest BCUT2D eigenvalue weighted by atomic mass is 16.1. The van der Waals surface area contributed by atoms with Gasteiger partial charge in [0.15, 0.2) is 0 Å². The Hall–Kier alpha value is -0.610. The lowest BCUT2D eigenvalue weighted by molar-refractivity contribution is -0.126. The molecule has 4 nitrogen and oxygen atoms in total. The molecule has 0 saturated carbocycles. The van der Waals surface area contributed by atoms with E-state index in [1.54, 1.807) is 0 Å². The van der Waals surface area contributed by atoms with E-state index in [9.17, 15) is 4.79 Å². The van der Waals surface area contributed by atoms with Crippen molar-refractivity contribution in [2.45, 2.75) is 52.1 Å². The Morgan fingerprint density at radius 1 is 1.29 bits per heavy atom. The molecular formula is C13H27N3O. The molecule has 0 aromatic carbocycles. The van der Waals surface area contributed by atoms with E-state index < -0.39 is 5.54 Å². The third-order valence-electron chi connectivity index (χ3n) is 3.37. The molecule has 0 aliphatic carbocycles. The van der Waals surface area contributed by atoms with Crippen LogP contribution in [0.1, 0.15) is 40.5 Å². The third-order valence-corrected chi connectivity index (χ3v) is 3.37. The Balaban J connectivity index is 2.58. The minimum absolute atomic E-state index is 0.199. The van der Waals surface area contributed by atoms with Gasteiger partial charge in [-0.25, -0.2) is 0 Å². The fraction of sp³-hybridized carbons (Fsp3) is 0.923. The van der Waals surface area contributed by atoms with Gasteiger partial charge in [-0.1, -0.05) is 13.8 Å². The number of nitrogens with two attached hydrogens (primary N) is 1. The van der Waals surface area contributed by atoms with E-state index in [0.29, 0.717) is 12.0 Å². The predicted molar refractivity (Wildman–Crippen MR) is 70.7 cm³/mol. The number of carbonyl (C=O) groups excluding carboxylic acids is 1. The lowest BCUT2D eigenvalue weighted by Gasteiger charge is -2.41. The fourth-order valence-corrected chi connectivity index (χ4v) is 2.65. The number of primary amides is 1. The minimum Gasteiger partial charge on any atom is -0.368 e. The van der Waals surface area contributed by atoms with Crippen LogP contribution in [0.2, 0.25) is 0 Å². The number of rotatable bonds is 5. The van der Waals surface area contributed by atoms with Crippen molar-refractivity contribution < 1.29 is 4.79 Å². The van der Waals surface area contributed by atoms with Gasteiger partial charge in [0.05, 0.1) is 0 Å². The summed E-state index contributed by atoms with van der Waals surface area (Å²) in [5.74, 6) is 0.476. The molecule has 4 heteroatoms. The molecule has 0 atom stereocenters. The van der Waals surface area contributed by atoms with Gasteiger partial charge in [0.1, 0.15) is 5.54 Å². The Labute approximate surface area is 105 Å². The molecule has 17 heavy (non-hydrogen) atoms. The SMILES string of the molecule is CC(C)CN1CCC(NC(C)C)(C(N)=O)CC1. The average molecular weight is 241 g/mol. The van der Waals surface area contributed by atoms with Crippen molar-refractivity contribution in [2.75, 3.05) is 19.6 Å². The standard InChI is InChI=1S/C13H27N3O/c1-10(2)9-16-7-5-13(6-8-16,12(14)17)15-11(3)4/h10-11,15H,5-9H2,1-4H3,(H2,14,17). The van der Waals surface area contributed by atoms with Crippen molar-refractivity contribution >= 4 is 5.91 Å². The first kappa shape index (κ1) is 14.5. The monoisotopic (exact) mass is 241 g/mol. The van der Waals surface area contributed by atoms with Crippen LogP contribution < -0.4 is 11.1 Å². The summed E-state index contributed by atoms with van der Waals surface area (Å²) in [5, 5.41) is 3.37. The van der Waals surface area contributed by atoms with E-state index in [-0.39, 0.29) is 5.91 Å². The van der Waals surface area contributed by atoms with Gasteiger partial charge in [-0.05, 0) is 32.6 Å². The number of amides is 1. The molecule has 1 saturated heterocycles. The second-order valence-corrected chi connectivity index (χ2v) is 5.94. The largest absolute Gasteiger partial charge is 0.368 e. The van der Waals surface area contributed by atoms with E-state index in [1.165, 1.54) is 0 Å². The summed E-state index contributed by atoms with van der Waals surface area (Å²) >= 11 is 0. The molecular weight excluding hydrogens is 214 g/mol. The van der Waals surface area contributed by atoms with Crippen molar-refractivity contribution in [1.82, 2.24) is 10.2 Å². The van der Waals surface area contributed by atoms with Gasteiger partial charge in [0.2, 0.25) is 5.91 Å². The number of likely N-dealkylation sites (tertiary alicyclic amines) is 1. The van der Waals surface area contributed by atoms with E-state index >= 15 is 0 Å². The van der Waals surface area contributed by atoms with Gasteiger partial charge in [-0.3, -0.25) is 4.79 Å². The molecule has 0 radical (unpaired) electrons. The average Bonchev–Trinajstić information content (AvgIpc) is 2.19. The van der Waals surface area contributed by atoms with Crippen LogP contribution in [0.15, 0.2) is 0 Å². The van der Waals surface area contributed by atoms with E-state index in [2.05, 4.69) is 37.9 Å². The topological polar surface area (TPSA) is 58.4 Å². The van der Waals surface area contributed by atoms with Crippen molar-refractivity contribution in [2.24, 2.45) is 11.7 Å². The van der Waals surface area contributed by atoms with Gasteiger partial charge >= 0.3 is 0 Å². The fourth-order valence-electron chi connectivity index (χ4n) is 2.65. The lowest BCUT2D eigenvalue weighted by Crippen LogP contribution is -2.62. The number of carbonyl (C=O) groups is 1. The maximum Gasteiger partial charge on any atom is 0.237 e. The first-order chi connectivity index (χ1) is 7.85. The van der Waals surface area contributed by atoms with Crippen LogP contribution in [-0.4, -0.2) is 42.0 Å². The van der Waals surface area contributed by atoms with Crippen molar-refractivity contribution in [3.05, 3.63) is 0 Å². The highest BCUT2D eigenvalue weighted by Crippen LogP contribution is 2.23. The highest BCUT2D eigenvalue weighted by Gasteiger charge is 2.39. The minimum atomic E-state index is -0.484. The molecule has 0 bridgehead atoms. The molecule has 1 fully saturated rings. The summed E-state index contributed by atoms with van der Waals surface area (Å²) in [6.45, 7) is 11.6. The van der Waals surface area contributed by atoms with Gasteiger partial charge in [-0.15, -0.1) is 0 Å². The zero-order valence-electron chi connectivity index (χ0n) is 11.6. The molecule has 3 N–H and O–H groups in total. The molecule has 0 aromatic rings. The van der Waals surface area contributed by atoms with Crippen LogP contribution >= 0.6 is 0 Å². The second-order valence-electron chi connectivity index (χ2n) is 5.94. The van der Waals surface area contributed by atoms with Crippen LogP contribution in [0.25, 0.3) is 0 Å². The van der Waals surface area contributed by atoms with Crippen molar-refractivity contribution in [3.8, 4) is 0 Å². The maximum atomic E-state index is 11.7. The first-order valence-electron chi connectivity index (χ1n) is 6.65. The van der Waals surface area contributed by atoms with Gasteiger partial charge in [0, 0.05) is 25.7 Å². The summed E-state index contributed by atoms with van der Waals surface area (Å²) in [5.41, 5.74) is 5.09. The predicted octanol–water partition coefficient (Wildman–Crippen LogP) is 0.960. The van der Waals surface area contributed by atoms with E-state index in [4.69, 9.17) is 5.73 Å². The molecule has 0 aromatic heterocycles. The van der Waals surface area contributed by atoms with Gasteiger partial charge in [0.25, 0.3) is 0 Å². The Bertz CT molecular complexity index is 255. The number of nitrogens with one attached hydrogen (secondary N) is 1. The zero-order chi connectivity index (χ0) is 13.1. The molecule has 0 unspecified atom stereocenters. The van der Waals surface area contributed by atoms with Gasteiger partial charge < -0.3 is 16.0 Å². The molecule has 1 aliphatic heterocycles. The lowest BCUT2D eigenvalue weighted by atomic mass is 9.85. The van der Waals surface area contributed by atoms with Crippen LogP contribution in [0.3, 0.4) is 0 Å². The van der Waals surface area contributed by atoms with E-state index in [0.717, 1.165) is 32.5 Å². The quantitative estimate of drug-likeness (QED) is 0.754. The smallest absolute Gasteiger partial charge is 0.237 e. The summed E-state index contributed by atoms with van der Waals surface area (Å²) in [6.07, 6.45) is 1.65. The first-order valence-corrected chi connectivity index (χ1v) is 6.65. The third kappa shape index (κ3) is 3.96. The highest BCUT2D eigenvalue weighted by molar-refractivity contribution is 5.84. The van der Waals surface area contributed by atoms with Crippen LogP contribution in [-0.2, 0) is 4.79 Å². The Morgan fingerprint density at radius 3 is 2.18 bits per heavy atom. The number of piperidine rings is 1. The second kappa shape index (κ2) is 5.83. The number of hydrogen-bond donors (Lipinski definition) is 2. The summed E-state index contributed by atoms with van der Waals surface area (Å²) in [4.78, 5) is 14.1. The summed E-state index contributed by atoms with van der Waals surface area (Å²) < 4.78 is 0. The number of nitrogens with zero attached hydrogens (tertiary/aromatic N) is 1.